The van der Waals surface area contributed by atoms with Crippen molar-refractivity contribution in [1.29, 1.82) is 0 Å². The molecule has 0 saturated heterocycles. The molecular formula is C30H41N5O5S2. The quantitative estimate of drug-likeness (QED) is 0.414. The Kier molecular flexibility index (Phi) is 9.66. The van der Waals surface area contributed by atoms with E-state index >= 15 is 0 Å². The summed E-state index contributed by atoms with van der Waals surface area (Å²) in [7, 11) is -0.315. The first-order valence-electron chi connectivity index (χ1n) is 15.0. The number of hydrogen-bond donors (Lipinski definition) is 3. The lowest BCUT2D eigenvalue weighted by Crippen LogP contribution is -2.48. The molecule has 4 amide bonds. The van der Waals surface area contributed by atoms with Gasteiger partial charge in [0.15, 0.2) is 0 Å². The highest BCUT2D eigenvalue weighted by atomic mass is 32.2. The Morgan fingerprint density at radius 1 is 0.905 bits per heavy atom. The van der Waals surface area contributed by atoms with Gasteiger partial charge in [-0.25, -0.2) is 13.2 Å². The highest BCUT2D eigenvalue weighted by Gasteiger charge is 2.38. The Morgan fingerprint density at radius 3 is 2.07 bits per heavy atom. The zero-order chi connectivity index (χ0) is 29.9. The number of urea groups is 1. The molecule has 0 radical (unpaired) electrons. The Balaban J connectivity index is 1.38. The topological polar surface area (TPSA) is 128 Å². The summed E-state index contributed by atoms with van der Waals surface area (Å²) in [5.74, 6) is -1.02. The van der Waals surface area contributed by atoms with Gasteiger partial charge in [0.1, 0.15) is 5.00 Å². The number of carbonyl (C=O) groups is 3. The lowest BCUT2D eigenvalue weighted by atomic mass is 9.91. The van der Waals surface area contributed by atoms with Crippen molar-refractivity contribution >= 4 is 44.2 Å². The molecule has 2 heterocycles. The van der Waals surface area contributed by atoms with Gasteiger partial charge in [0.25, 0.3) is 11.8 Å². The van der Waals surface area contributed by atoms with E-state index in [0.29, 0.717) is 23.5 Å². The number of nitrogens with zero attached hydrogens (tertiary/aromatic N) is 2. The smallest absolute Gasteiger partial charge is 0.321 e. The number of hydrogen-bond acceptors (Lipinski definition) is 7. The van der Waals surface area contributed by atoms with Crippen LogP contribution in [0.2, 0.25) is 0 Å². The van der Waals surface area contributed by atoms with Crippen molar-refractivity contribution in [3.63, 3.8) is 0 Å². The number of nitrogens with one attached hydrogen (secondary N) is 3. The van der Waals surface area contributed by atoms with Gasteiger partial charge in [-0.2, -0.15) is 4.31 Å². The molecule has 2 aliphatic carbocycles. The molecule has 0 unspecified atom stereocenters. The fourth-order valence-corrected chi connectivity index (χ4v) is 9.77. The van der Waals surface area contributed by atoms with Crippen LogP contribution in [0.3, 0.4) is 0 Å². The zero-order valence-corrected chi connectivity index (χ0v) is 26.0. The molecule has 228 valence electrons. The van der Waals surface area contributed by atoms with E-state index in [1.54, 1.807) is 0 Å². The van der Waals surface area contributed by atoms with Crippen LogP contribution in [0.15, 0.2) is 29.2 Å². The first-order chi connectivity index (χ1) is 20.2. The number of sulfonamides is 1. The van der Waals surface area contributed by atoms with Crippen LogP contribution in [0, 0.1) is 0 Å². The fourth-order valence-electron chi connectivity index (χ4n) is 6.52. The van der Waals surface area contributed by atoms with Gasteiger partial charge in [0.2, 0.25) is 10.0 Å². The lowest BCUT2D eigenvalue weighted by molar-refractivity contribution is 0.0964. The van der Waals surface area contributed by atoms with Gasteiger partial charge in [-0.05, 0) is 69.0 Å². The molecule has 10 nitrogen and oxygen atoms in total. The van der Waals surface area contributed by atoms with E-state index in [1.807, 2.05) is 11.4 Å². The van der Waals surface area contributed by atoms with Crippen molar-refractivity contribution in [3.8, 4) is 0 Å². The van der Waals surface area contributed by atoms with E-state index in [9.17, 15) is 22.8 Å². The number of imide groups is 1. The average Bonchev–Trinajstić information content (AvgIpc) is 3.35. The van der Waals surface area contributed by atoms with Gasteiger partial charge < -0.3 is 15.5 Å². The van der Waals surface area contributed by atoms with Crippen LogP contribution >= 0.6 is 11.3 Å². The predicted octanol–water partition coefficient (Wildman–Crippen LogP) is 4.71. The summed E-state index contributed by atoms with van der Waals surface area (Å²) < 4.78 is 29.9. The number of amides is 4. The zero-order valence-electron chi connectivity index (χ0n) is 24.4. The summed E-state index contributed by atoms with van der Waals surface area (Å²) in [4.78, 5) is 41.6. The third-order valence-corrected chi connectivity index (χ3v) is 11.9. The number of rotatable bonds is 7. The van der Waals surface area contributed by atoms with Crippen LogP contribution in [0.1, 0.15) is 95.4 Å². The molecule has 3 aliphatic rings. The van der Waals surface area contributed by atoms with Crippen LogP contribution in [0.25, 0.3) is 0 Å². The van der Waals surface area contributed by atoms with Crippen molar-refractivity contribution in [3.05, 3.63) is 45.8 Å². The van der Waals surface area contributed by atoms with Gasteiger partial charge in [0.05, 0.1) is 10.5 Å². The van der Waals surface area contributed by atoms with E-state index in [0.717, 1.165) is 81.2 Å². The molecule has 1 aromatic heterocycles. The molecule has 2 aromatic rings. The second kappa shape index (κ2) is 13.2. The maximum atomic E-state index is 14.0. The third kappa shape index (κ3) is 6.56. The first kappa shape index (κ1) is 30.7. The number of anilines is 1. The van der Waals surface area contributed by atoms with Gasteiger partial charge >= 0.3 is 6.03 Å². The van der Waals surface area contributed by atoms with Crippen molar-refractivity contribution in [2.75, 3.05) is 26.0 Å². The summed E-state index contributed by atoms with van der Waals surface area (Å²) in [5.41, 5.74) is 1.42. The van der Waals surface area contributed by atoms with Gasteiger partial charge in [-0.3, -0.25) is 14.9 Å². The predicted molar refractivity (Wildman–Crippen MR) is 163 cm³/mol. The Morgan fingerprint density at radius 2 is 1.50 bits per heavy atom. The van der Waals surface area contributed by atoms with Crippen LogP contribution in [0.5, 0.6) is 0 Å². The summed E-state index contributed by atoms with van der Waals surface area (Å²) in [5, 5.41) is 7.94. The highest BCUT2D eigenvalue weighted by Crippen LogP contribution is 2.38. The molecule has 0 spiro atoms. The van der Waals surface area contributed by atoms with Crippen LogP contribution in [-0.2, 0) is 23.0 Å². The molecule has 2 fully saturated rings. The van der Waals surface area contributed by atoms with Crippen molar-refractivity contribution in [2.45, 2.75) is 94.2 Å². The molecule has 0 atom stereocenters. The van der Waals surface area contributed by atoms with Gasteiger partial charge in [-0.15, -0.1) is 11.3 Å². The maximum absolute atomic E-state index is 14.0. The van der Waals surface area contributed by atoms with E-state index in [4.69, 9.17) is 0 Å². The number of carbonyl (C=O) groups excluding carboxylic acids is 3. The number of likely N-dealkylation sites (N-methyl/N-ethyl adjacent to an activating group) is 1. The standard InChI is InChI=1S/C30H41N5O5S2/c1-31-30(38)33-28(37)26-24-17-18-34(2)19-25(24)41-29(26)32-27(36)20-13-15-23(16-14-20)42(39,40)35(21-9-5-3-6-10-21)22-11-7-4-8-12-22/h13-16,21-22H,3-12,17-19H2,1-2H3,(H,32,36)(H2,31,33,37,38). The van der Waals surface area contributed by atoms with E-state index in [2.05, 4.69) is 20.9 Å². The molecule has 2 saturated carbocycles. The summed E-state index contributed by atoms with van der Waals surface area (Å²) >= 11 is 1.33. The molecule has 3 N–H and O–H groups in total. The summed E-state index contributed by atoms with van der Waals surface area (Å²) in [6, 6.07) is 5.54. The molecular weight excluding hydrogens is 574 g/mol. The summed E-state index contributed by atoms with van der Waals surface area (Å²) in [6.45, 7) is 1.40. The third-order valence-electron chi connectivity index (χ3n) is 8.72. The molecule has 1 aliphatic heterocycles. The van der Waals surface area contributed by atoms with Crippen LogP contribution < -0.4 is 16.0 Å². The minimum Gasteiger partial charge on any atom is -0.341 e. The molecule has 1 aromatic carbocycles. The van der Waals surface area contributed by atoms with Crippen molar-refractivity contribution in [1.82, 2.24) is 19.8 Å². The SMILES string of the molecule is CNC(=O)NC(=O)c1c(NC(=O)c2ccc(S(=O)(=O)N(C3CCCCC3)C3CCCCC3)cc2)sc2c1CCN(C)C2. The summed E-state index contributed by atoms with van der Waals surface area (Å²) in [6.07, 6.45) is 10.7. The van der Waals surface area contributed by atoms with Crippen LogP contribution in [-0.4, -0.2) is 68.2 Å². The molecule has 5 rings (SSSR count). The molecule has 12 heteroatoms. The van der Waals surface area contributed by atoms with Gasteiger partial charge in [-0.1, -0.05) is 38.5 Å². The number of fused-ring (bicyclic) bond motifs is 1. The second-order valence-electron chi connectivity index (χ2n) is 11.6. The van der Waals surface area contributed by atoms with E-state index < -0.39 is 27.9 Å². The minimum absolute atomic E-state index is 0.0260. The van der Waals surface area contributed by atoms with Crippen molar-refractivity contribution < 1.29 is 22.8 Å². The number of benzene rings is 1. The Labute approximate surface area is 252 Å². The minimum atomic E-state index is -3.73. The molecule has 0 bridgehead atoms. The highest BCUT2D eigenvalue weighted by molar-refractivity contribution is 7.89. The monoisotopic (exact) mass is 615 g/mol. The second-order valence-corrected chi connectivity index (χ2v) is 14.6. The normalized spacial score (nSPS) is 18.8. The van der Waals surface area contributed by atoms with Gasteiger partial charge in [0, 0.05) is 42.7 Å². The Bertz CT molecular complexity index is 1390. The lowest BCUT2D eigenvalue weighted by Gasteiger charge is -2.40. The number of thiophene rings is 1. The Hall–Kier alpha value is -2.80. The fraction of sp³-hybridized carbons (Fsp3) is 0.567. The van der Waals surface area contributed by atoms with E-state index in [-0.39, 0.29) is 22.5 Å². The first-order valence-corrected chi connectivity index (χ1v) is 17.3. The van der Waals surface area contributed by atoms with Crippen LogP contribution in [0.4, 0.5) is 9.80 Å². The average molecular weight is 616 g/mol. The van der Waals surface area contributed by atoms with E-state index in [1.165, 1.54) is 42.6 Å². The maximum Gasteiger partial charge on any atom is 0.321 e. The largest absolute Gasteiger partial charge is 0.341 e. The van der Waals surface area contributed by atoms with Crippen molar-refractivity contribution in [2.24, 2.45) is 0 Å². The molecule has 42 heavy (non-hydrogen) atoms.